The van der Waals surface area contributed by atoms with Crippen LogP contribution < -0.4 is 5.73 Å². The number of aliphatic hydroxyl groups excluding tert-OH is 3. The lowest BCUT2D eigenvalue weighted by Crippen LogP contribution is -2.58. The van der Waals surface area contributed by atoms with Gasteiger partial charge in [0.15, 0.2) is 11.6 Å². The highest BCUT2D eigenvalue weighted by Crippen LogP contribution is 2.44. The van der Waals surface area contributed by atoms with Crippen LogP contribution in [0, 0.1) is 0 Å². The summed E-state index contributed by atoms with van der Waals surface area (Å²) in [5.41, 5.74) is 2.02. The Morgan fingerprint density at radius 3 is 1.25 bits per heavy atom. The molecule has 0 aliphatic carbocycles. The van der Waals surface area contributed by atoms with Crippen molar-refractivity contribution < 1.29 is 43.8 Å². The molecule has 0 rings (SSSR count). The number of rotatable bonds is 34. The summed E-state index contributed by atoms with van der Waals surface area (Å²) >= 11 is 0. The molecule has 0 fully saturated rings. The molecule has 0 aromatic carbocycles. The van der Waals surface area contributed by atoms with Crippen molar-refractivity contribution in [1.29, 1.82) is 0 Å². The molecule has 0 saturated carbocycles. The molecule has 0 bridgehead atoms. The highest BCUT2D eigenvalue weighted by atomic mass is 31.2. The predicted octanol–water partition coefficient (Wildman–Crippen LogP) is 8.00. The summed E-state index contributed by atoms with van der Waals surface area (Å²) < 4.78 is 16.6. The molecule has 0 saturated heterocycles. The van der Waals surface area contributed by atoms with E-state index in [1.807, 2.05) is 0 Å². The number of carbonyl (C=O) groups is 2. The quantitative estimate of drug-likeness (QED) is 0.0166. The number of hydrogen-bond donors (Lipinski definition) is 6. The summed E-state index contributed by atoms with van der Waals surface area (Å²) in [7, 11) is -5.32. The standard InChI is InChI=1S/C35H67O8P.C2H7NO/c1-3-5-7-9-11-13-15-16-17-18-20-22-24-26-28-30-33(38)35(34(39)31-36,43-44(40,41)42)32(37)29-27-25-23-21-19-14-12-10-8-6-4-2;3-1-2-4/h16-17,34,36,39H,3-15,18-31H2,1-2H3,(H2,40,41,42);4H,1-3H2/b17-16-;. The smallest absolute Gasteiger partial charge is 0.395 e. The van der Waals surface area contributed by atoms with Crippen LogP contribution in [0.3, 0.4) is 0 Å². The van der Waals surface area contributed by atoms with E-state index < -0.39 is 37.7 Å². The van der Waals surface area contributed by atoms with Crippen LogP contribution in [0.5, 0.6) is 0 Å². The molecular weight excluding hydrogens is 633 g/mol. The lowest BCUT2D eigenvalue weighted by atomic mass is 9.82. The van der Waals surface area contributed by atoms with E-state index in [1.54, 1.807) is 0 Å². The highest BCUT2D eigenvalue weighted by molar-refractivity contribution is 7.46. The Kier molecular flexibility index (Phi) is 35.3. The fourth-order valence-electron chi connectivity index (χ4n) is 5.68. The van der Waals surface area contributed by atoms with Crippen LogP contribution in [0.15, 0.2) is 12.2 Å². The third-order valence-electron chi connectivity index (χ3n) is 8.54. The number of unbranched alkanes of at least 4 members (excludes halogenated alkanes) is 21. The third kappa shape index (κ3) is 27.8. The minimum absolute atomic E-state index is 0.0972. The number of phosphoric acid groups is 1. The molecule has 48 heavy (non-hydrogen) atoms. The molecule has 0 aromatic rings. The maximum absolute atomic E-state index is 13.3. The van der Waals surface area contributed by atoms with E-state index in [2.05, 4.69) is 26.0 Å². The molecule has 0 aliphatic heterocycles. The molecule has 7 N–H and O–H groups in total. The van der Waals surface area contributed by atoms with Gasteiger partial charge in [0.05, 0.1) is 13.2 Å². The first-order valence-electron chi connectivity index (χ1n) is 19.1. The van der Waals surface area contributed by atoms with Crippen LogP contribution in [0.2, 0.25) is 0 Å². The number of carbonyl (C=O) groups excluding carboxylic acids is 2. The van der Waals surface area contributed by atoms with Crippen LogP contribution in [0.25, 0.3) is 0 Å². The maximum Gasteiger partial charge on any atom is 0.471 e. The fraction of sp³-hybridized carbons (Fsp3) is 0.892. The Labute approximate surface area is 292 Å². The van der Waals surface area contributed by atoms with Gasteiger partial charge >= 0.3 is 7.82 Å². The summed E-state index contributed by atoms with van der Waals surface area (Å²) in [5.74, 6) is -1.76. The van der Waals surface area contributed by atoms with Gasteiger partial charge in [0.25, 0.3) is 0 Å². The number of Topliss-reactive ketones (excluding diaryl/α,β-unsaturated/α-hetero) is 2. The molecule has 0 spiro atoms. The van der Waals surface area contributed by atoms with Gasteiger partial charge in [-0.2, -0.15) is 0 Å². The van der Waals surface area contributed by atoms with Crippen molar-refractivity contribution in [3.8, 4) is 0 Å². The van der Waals surface area contributed by atoms with Crippen molar-refractivity contribution in [2.45, 2.75) is 192 Å². The molecule has 10 nitrogen and oxygen atoms in total. The van der Waals surface area contributed by atoms with Crippen LogP contribution in [0.4, 0.5) is 0 Å². The largest absolute Gasteiger partial charge is 0.471 e. The van der Waals surface area contributed by atoms with E-state index in [9.17, 15) is 34.2 Å². The predicted molar refractivity (Wildman–Crippen MR) is 196 cm³/mol. The summed E-state index contributed by atoms with van der Waals surface area (Å²) in [6.45, 7) is 3.88. The number of phosphoric ester groups is 1. The van der Waals surface area contributed by atoms with Gasteiger partial charge in [-0.1, -0.05) is 142 Å². The summed E-state index contributed by atoms with van der Waals surface area (Å²) in [4.78, 5) is 45.6. The molecular formula is C37H74NO9P. The van der Waals surface area contributed by atoms with Crippen molar-refractivity contribution in [3.05, 3.63) is 12.2 Å². The molecule has 0 aliphatic rings. The van der Waals surface area contributed by atoms with Crippen LogP contribution in [0.1, 0.15) is 181 Å². The summed E-state index contributed by atoms with van der Waals surface area (Å²) in [6, 6.07) is 0. The average molecular weight is 708 g/mol. The Morgan fingerprint density at radius 1 is 0.646 bits per heavy atom. The molecule has 286 valence electrons. The topological polar surface area (TPSA) is 188 Å². The third-order valence-corrected chi connectivity index (χ3v) is 9.06. The van der Waals surface area contributed by atoms with E-state index >= 15 is 0 Å². The lowest BCUT2D eigenvalue weighted by Gasteiger charge is -2.34. The van der Waals surface area contributed by atoms with Crippen LogP contribution in [-0.4, -0.2) is 68.1 Å². The number of nitrogens with two attached hydrogens (primary N) is 1. The van der Waals surface area contributed by atoms with Gasteiger partial charge in [-0.3, -0.25) is 14.1 Å². The summed E-state index contributed by atoms with van der Waals surface area (Å²) in [5, 5.41) is 27.9. The minimum Gasteiger partial charge on any atom is -0.395 e. The zero-order valence-electron chi connectivity index (χ0n) is 30.6. The van der Waals surface area contributed by atoms with Crippen molar-refractivity contribution in [2.75, 3.05) is 19.8 Å². The highest BCUT2D eigenvalue weighted by Gasteiger charge is 2.55. The lowest BCUT2D eigenvalue weighted by molar-refractivity contribution is -0.164. The van der Waals surface area contributed by atoms with E-state index in [0.29, 0.717) is 25.8 Å². The second-order valence-corrected chi connectivity index (χ2v) is 14.2. The Bertz CT molecular complexity index is 819. The van der Waals surface area contributed by atoms with Gasteiger partial charge in [0.1, 0.15) is 6.10 Å². The van der Waals surface area contributed by atoms with Gasteiger partial charge in [0.2, 0.25) is 5.60 Å². The molecule has 11 heteroatoms. The van der Waals surface area contributed by atoms with E-state index in [4.69, 9.17) is 15.4 Å². The first-order valence-corrected chi connectivity index (χ1v) is 20.7. The van der Waals surface area contributed by atoms with Crippen molar-refractivity contribution in [3.63, 3.8) is 0 Å². The average Bonchev–Trinajstić information content (AvgIpc) is 3.06. The number of hydrogen-bond acceptors (Lipinski definition) is 8. The first kappa shape index (κ1) is 49.1. The molecule has 0 amide bonds. The minimum atomic E-state index is -5.32. The Hall–Kier alpha value is -0.970. The van der Waals surface area contributed by atoms with Gasteiger partial charge in [-0.15, -0.1) is 0 Å². The zero-order valence-corrected chi connectivity index (χ0v) is 31.5. The van der Waals surface area contributed by atoms with E-state index in [-0.39, 0.29) is 19.4 Å². The van der Waals surface area contributed by atoms with Crippen molar-refractivity contribution in [1.82, 2.24) is 0 Å². The van der Waals surface area contributed by atoms with Gasteiger partial charge in [-0.05, 0) is 38.5 Å². The van der Waals surface area contributed by atoms with Crippen molar-refractivity contribution >= 4 is 19.4 Å². The molecule has 2 unspecified atom stereocenters. The number of ketones is 2. The van der Waals surface area contributed by atoms with Gasteiger partial charge in [-0.25, -0.2) is 4.57 Å². The normalized spacial score (nSPS) is 13.7. The fourth-order valence-corrected chi connectivity index (χ4v) is 6.38. The second kappa shape index (κ2) is 34.5. The second-order valence-electron chi connectivity index (χ2n) is 13.0. The van der Waals surface area contributed by atoms with E-state index in [0.717, 1.165) is 57.8 Å². The maximum atomic E-state index is 13.3. The SMILES string of the molecule is CCCCCCCC/C=C\CCCCCCCC(=O)C(OP(=O)(O)O)(C(=O)CCCCCCCCCCCCC)C(O)CO.NCCO. The van der Waals surface area contributed by atoms with Crippen LogP contribution in [-0.2, 0) is 18.7 Å². The molecule has 0 radical (unpaired) electrons. The monoisotopic (exact) mass is 708 g/mol. The first-order chi connectivity index (χ1) is 23.1. The number of aliphatic hydroxyl groups is 3. The molecule has 0 aromatic heterocycles. The Morgan fingerprint density at radius 2 is 0.958 bits per heavy atom. The summed E-state index contributed by atoms with van der Waals surface area (Å²) in [6.07, 6.45) is 27.8. The number of allylic oxidation sites excluding steroid dienone is 2. The van der Waals surface area contributed by atoms with Crippen LogP contribution >= 0.6 is 7.82 Å². The Balaban J connectivity index is 0. The molecule has 0 heterocycles. The van der Waals surface area contributed by atoms with Gasteiger partial charge in [0, 0.05) is 19.4 Å². The van der Waals surface area contributed by atoms with Crippen molar-refractivity contribution in [2.24, 2.45) is 5.73 Å². The van der Waals surface area contributed by atoms with E-state index in [1.165, 1.54) is 77.0 Å². The molecule has 2 atom stereocenters. The van der Waals surface area contributed by atoms with Gasteiger partial charge < -0.3 is 30.8 Å². The zero-order chi connectivity index (χ0) is 36.4.